The number of amides is 1. The number of carbonyl (C=O) groups excluding carboxylic acids is 1. The smallest absolute Gasteiger partial charge is 0.297 e. The van der Waals surface area contributed by atoms with Gasteiger partial charge in [0, 0.05) is 68.4 Å². The average Bonchev–Trinajstić information content (AvgIpc) is 3.96. The maximum atomic E-state index is 14.9. The van der Waals surface area contributed by atoms with Crippen molar-refractivity contribution in [3.05, 3.63) is 99.5 Å². The molecule has 4 N–H and O–H groups in total. The van der Waals surface area contributed by atoms with Gasteiger partial charge in [-0.15, -0.1) is 0 Å². The lowest BCUT2D eigenvalue weighted by molar-refractivity contribution is -0.384. The van der Waals surface area contributed by atoms with Crippen molar-refractivity contribution in [2.75, 3.05) is 49.6 Å². The van der Waals surface area contributed by atoms with Gasteiger partial charge in [-0.1, -0.05) is 44.5 Å². The molecule has 16 nitrogen and oxygen atoms in total. The summed E-state index contributed by atoms with van der Waals surface area (Å²) in [6, 6.07) is 17.6. The molecule has 1 spiro atoms. The first-order valence-corrected chi connectivity index (χ1v) is 26.2. The van der Waals surface area contributed by atoms with Gasteiger partial charge in [0.1, 0.15) is 23.8 Å². The number of nitro benzene ring substituents is 1. The van der Waals surface area contributed by atoms with Gasteiger partial charge in [-0.3, -0.25) is 19.8 Å². The van der Waals surface area contributed by atoms with E-state index in [1.165, 1.54) is 42.5 Å². The first kappa shape index (κ1) is 47.7. The number of hydrogen-bond donors (Lipinski definition) is 4. The van der Waals surface area contributed by atoms with Crippen LogP contribution in [0.2, 0.25) is 0 Å². The number of ether oxygens (including phenoxy) is 3. The van der Waals surface area contributed by atoms with E-state index in [2.05, 4.69) is 67.9 Å². The van der Waals surface area contributed by atoms with Gasteiger partial charge >= 0.3 is 0 Å². The largest absolute Gasteiger partial charge is 0.489 e. The van der Waals surface area contributed by atoms with Crippen molar-refractivity contribution in [2.24, 2.45) is 11.3 Å². The van der Waals surface area contributed by atoms with Crippen molar-refractivity contribution in [1.82, 2.24) is 19.6 Å². The molecule has 3 aliphatic heterocycles. The molecule has 0 unspecified atom stereocenters. The van der Waals surface area contributed by atoms with Crippen LogP contribution >= 0.6 is 0 Å². The molecule has 0 bridgehead atoms. The summed E-state index contributed by atoms with van der Waals surface area (Å²) in [5, 5.41) is 26.3. The van der Waals surface area contributed by atoms with Crippen LogP contribution in [0.4, 0.5) is 21.5 Å². The number of aliphatic hydroxyl groups is 1. The number of sulfonamides is 1. The highest BCUT2D eigenvalue weighted by atomic mass is 32.2. The molecule has 3 atom stereocenters. The first-order valence-electron chi connectivity index (χ1n) is 24.7. The number of nitro groups is 1. The number of pyridine rings is 1. The van der Waals surface area contributed by atoms with Crippen LogP contribution in [0.5, 0.6) is 23.1 Å². The van der Waals surface area contributed by atoms with Crippen molar-refractivity contribution in [1.29, 1.82) is 0 Å². The molecule has 18 heteroatoms. The molecule has 5 aromatic rings. The van der Waals surface area contributed by atoms with E-state index in [-0.39, 0.29) is 76.0 Å². The molecule has 70 heavy (non-hydrogen) atoms. The number of piperidine rings is 1. The molecule has 2 aromatic heterocycles. The summed E-state index contributed by atoms with van der Waals surface area (Å²) in [4.78, 5) is 37.6. The van der Waals surface area contributed by atoms with E-state index in [1.54, 1.807) is 26.0 Å². The molecule has 372 valence electrons. The third-order valence-electron chi connectivity index (χ3n) is 15.7. The number of anilines is 2. The molecular formula is C52H62FN7O9S. The third-order valence-corrected chi connectivity index (χ3v) is 17.0. The zero-order chi connectivity index (χ0) is 49.1. The Bertz CT molecular complexity index is 2920. The minimum absolute atomic E-state index is 0.00201. The molecule has 1 amide bonds. The maximum absolute atomic E-state index is 14.9. The average molecular weight is 980 g/mol. The Hall–Kier alpha value is -5.98. The van der Waals surface area contributed by atoms with Crippen LogP contribution in [-0.4, -0.2) is 96.3 Å². The Labute approximate surface area is 407 Å². The summed E-state index contributed by atoms with van der Waals surface area (Å²) < 4.78 is 63.4. The van der Waals surface area contributed by atoms with Crippen LogP contribution in [0.25, 0.3) is 11.0 Å². The fraction of sp³-hybridized carbons (Fsp3) is 0.500. The van der Waals surface area contributed by atoms with Crippen molar-refractivity contribution >= 4 is 44.0 Å². The lowest BCUT2D eigenvalue weighted by Gasteiger charge is -2.57. The van der Waals surface area contributed by atoms with E-state index in [0.717, 1.165) is 63.0 Å². The standard InChI is InChI=1S/C52H62FN7O9S/c1-5-67-50-46(26-39-40(53)27-54-48(39)56-50)69-44-23-33(58-21-19-52(20-22-58)29-59(30-52)42-12-8-11-37(42)36-10-7-6-9-35(36)31(2)3)13-14-38(44)49(61)57-70(65,66)34-24-43(60(63)64)47-45(25-34)68-28-41(55-47)32-15-17-51(4,62)18-16-32/h6-7,9-10,13-14,23-27,31-32,37,41-42,55,62H,5,8,11-12,15-22,28-30H2,1-4H3,(H,54,56)(H,57,61)/t32-,37-,41+,42-,51-/m0/s1. The first-order chi connectivity index (χ1) is 33.5. The Morgan fingerprint density at radius 2 is 1.80 bits per heavy atom. The molecule has 5 heterocycles. The number of carbonyl (C=O) groups is 1. The van der Waals surface area contributed by atoms with E-state index in [1.807, 2.05) is 0 Å². The van der Waals surface area contributed by atoms with Crippen molar-refractivity contribution < 1.29 is 41.8 Å². The minimum Gasteiger partial charge on any atom is -0.489 e. The Morgan fingerprint density at radius 3 is 2.53 bits per heavy atom. The molecule has 2 aliphatic carbocycles. The SMILES string of the molecule is CCOc1nc2[nH]cc(F)c2cc1Oc1cc(N2CCC3(CC2)CN([C@H]2CCC[C@H]2c2ccccc2C(C)C)C3)ccc1C(=O)NS(=O)(=O)c1cc2c(c([N+](=O)[O-])c1)N[C@@H]([C@H]1CC[C@](C)(O)CC1)CO2. The van der Waals surface area contributed by atoms with Crippen LogP contribution in [-0.2, 0) is 10.0 Å². The van der Waals surface area contributed by atoms with Gasteiger partial charge in [0.25, 0.3) is 27.5 Å². The number of halogens is 1. The second-order valence-corrected chi connectivity index (χ2v) is 22.4. The summed E-state index contributed by atoms with van der Waals surface area (Å²) in [6.45, 7) is 12.0. The highest BCUT2D eigenvalue weighted by Gasteiger charge is 2.49. The van der Waals surface area contributed by atoms with Crippen LogP contribution in [0.3, 0.4) is 0 Å². The van der Waals surface area contributed by atoms with Crippen molar-refractivity contribution in [3.63, 3.8) is 0 Å². The van der Waals surface area contributed by atoms with Crippen LogP contribution in [0.15, 0.2) is 71.8 Å². The Balaban J connectivity index is 0.890. The third kappa shape index (κ3) is 9.25. The molecule has 5 aliphatic rings. The van der Waals surface area contributed by atoms with E-state index < -0.39 is 42.9 Å². The number of fused-ring (bicyclic) bond motifs is 2. The number of aromatic amines is 1. The fourth-order valence-corrected chi connectivity index (χ4v) is 12.8. The van der Waals surface area contributed by atoms with Gasteiger partial charge in [-0.2, -0.15) is 4.98 Å². The summed E-state index contributed by atoms with van der Waals surface area (Å²) in [7, 11) is -4.75. The van der Waals surface area contributed by atoms with Gasteiger partial charge in [-0.25, -0.2) is 17.5 Å². The summed E-state index contributed by atoms with van der Waals surface area (Å²) in [5.41, 5.74) is 2.71. The van der Waals surface area contributed by atoms with E-state index in [4.69, 9.17) is 14.2 Å². The molecule has 0 radical (unpaired) electrons. The number of nitrogens with zero attached hydrogens (tertiary/aromatic N) is 4. The zero-order valence-corrected chi connectivity index (χ0v) is 40.9. The zero-order valence-electron chi connectivity index (χ0n) is 40.1. The van der Waals surface area contributed by atoms with Gasteiger partial charge < -0.3 is 34.5 Å². The Kier molecular flexibility index (Phi) is 12.7. The molecule has 10 rings (SSSR count). The molecular weight excluding hydrogens is 918 g/mol. The predicted octanol–water partition coefficient (Wildman–Crippen LogP) is 9.40. The summed E-state index contributed by atoms with van der Waals surface area (Å²) in [5.74, 6) is -0.593. The van der Waals surface area contributed by atoms with Gasteiger partial charge in [0.15, 0.2) is 17.2 Å². The summed E-state index contributed by atoms with van der Waals surface area (Å²) >= 11 is 0. The van der Waals surface area contributed by atoms with E-state index >= 15 is 0 Å². The number of nitrogens with one attached hydrogen (secondary N) is 3. The summed E-state index contributed by atoms with van der Waals surface area (Å²) in [6.07, 6.45) is 9.30. The lowest BCUT2D eigenvalue weighted by atomic mass is 9.70. The van der Waals surface area contributed by atoms with Crippen LogP contribution in [0.1, 0.15) is 119 Å². The molecule has 2 saturated heterocycles. The van der Waals surface area contributed by atoms with Crippen LogP contribution < -0.4 is 29.1 Å². The maximum Gasteiger partial charge on any atom is 0.297 e. The van der Waals surface area contributed by atoms with Crippen LogP contribution in [0, 0.1) is 27.3 Å². The molecule has 4 fully saturated rings. The molecule has 2 saturated carbocycles. The van der Waals surface area contributed by atoms with Gasteiger partial charge in [0.05, 0.1) is 39.0 Å². The number of likely N-dealkylation sites (tertiary alicyclic amines) is 1. The second-order valence-electron chi connectivity index (χ2n) is 20.7. The number of hydrogen-bond acceptors (Lipinski definition) is 13. The Morgan fingerprint density at radius 1 is 1.04 bits per heavy atom. The number of benzene rings is 3. The van der Waals surface area contributed by atoms with Crippen molar-refractivity contribution in [2.45, 2.75) is 120 Å². The van der Waals surface area contributed by atoms with E-state index in [9.17, 15) is 32.8 Å². The predicted molar refractivity (Wildman–Crippen MR) is 263 cm³/mol. The molecule has 3 aromatic carbocycles. The second kappa shape index (κ2) is 18.6. The number of aromatic nitrogens is 2. The minimum atomic E-state index is -4.75. The number of rotatable bonds is 13. The fourth-order valence-electron chi connectivity index (χ4n) is 11.8. The normalized spacial score (nSPS) is 24.4. The highest BCUT2D eigenvalue weighted by molar-refractivity contribution is 7.90. The topological polar surface area (TPSA) is 201 Å². The van der Waals surface area contributed by atoms with Crippen molar-refractivity contribution in [3.8, 4) is 23.1 Å². The number of H-pyrrole nitrogens is 1. The monoisotopic (exact) mass is 979 g/mol. The van der Waals surface area contributed by atoms with Gasteiger partial charge in [-0.05, 0) is 112 Å². The van der Waals surface area contributed by atoms with Gasteiger partial charge in [0.2, 0.25) is 0 Å². The highest BCUT2D eigenvalue weighted by Crippen LogP contribution is 2.50. The van der Waals surface area contributed by atoms with E-state index in [0.29, 0.717) is 43.6 Å². The quantitative estimate of drug-likeness (QED) is 0.0643. The lowest BCUT2D eigenvalue weighted by Crippen LogP contribution is -2.63.